The van der Waals surface area contributed by atoms with Crippen molar-refractivity contribution in [1.82, 2.24) is 10.2 Å². The van der Waals surface area contributed by atoms with Crippen LogP contribution in [0, 0.1) is 5.41 Å². The Morgan fingerprint density at radius 2 is 2.00 bits per heavy atom. The zero-order valence-electron chi connectivity index (χ0n) is 12.4. The Kier molecular flexibility index (Phi) is 4.71. The zero-order chi connectivity index (χ0) is 15.8. The standard InChI is InChI=1S/C15H20Cl2N2O2/c1-15(2,3)13-12(18-6-7-19(13)14(20)21)9-4-5-10(16)11(17)8-9/h4-5,8,12-13,18H,6-7H2,1-3H3,(H,20,21). The van der Waals surface area contributed by atoms with Crippen LogP contribution in [-0.2, 0) is 0 Å². The molecule has 2 rings (SSSR count). The molecule has 4 nitrogen and oxygen atoms in total. The van der Waals surface area contributed by atoms with Gasteiger partial charge in [-0.1, -0.05) is 50.0 Å². The lowest BCUT2D eigenvalue weighted by atomic mass is 9.78. The second kappa shape index (κ2) is 6.03. The Hall–Kier alpha value is -0.970. The van der Waals surface area contributed by atoms with Crippen LogP contribution in [0.3, 0.4) is 0 Å². The van der Waals surface area contributed by atoms with E-state index in [4.69, 9.17) is 23.2 Å². The van der Waals surface area contributed by atoms with Gasteiger partial charge in [-0.05, 0) is 23.1 Å². The Balaban J connectivity index is 2.43. The van der Waals surface area contributed by atoms with E-state index in [1.165, 1.54) is 4.90 Å². The molecule has 2 atom stereocenters. The molecule has 1 aromatic rings. The van der Waals surface area contributed by atoms with Crippen molar-refractivity contribution in [3.05, 3.63) is 33.8 Å². The minimum Gasteiger partial charge on any atom is -0.465 e. The Bertz CT molecular complexity index is 543. The SMILES string of the molecule is CC(C)(C)C1C(c2ccc(Cl)c(Cl)c2)NCCN1C(=O)O. The predicted molar refractivity (Wildman–Crippen MR) is 85.2 cm³/mol. The highest BCUT2D eigenvalue weighted by atomic mass is 35.5. The Morgan fingerprint density at radius 1 is 1.33 bits per heavy atom. The molecule has 1 saturated heterocycles. The van der Waals surface area contributed by atoms with Crippen LogP contribution in [0.25, 0.3) is 0 Å². The summed E-state index contributed by atoms with van der Waals surface area (Å²) in [6.07, 6.45) is -0.888. The van der Waals surface area contributed by atoms with E-state index >= 15 is 0 Å². The van der Waals surface area contributed by atoms with Crippen LogP contribution in [0.5, 0.6) is 0 Å². The first-order valence-corrected chi connectivity index (χ1v) is 7.65. The van der Waals surface area contributed by atoms with Crippen molar-refractivity contribution in [2.45, 2.75) is 32.9 Å². The number of nitrogens with one attached hydrogen (secondary N) is 1. The maximum Gasteiger partial charge on any atom is 0.407 e. The van der Waals surface area contributed by atoms with E-state index in [0.717, 1.165) is 5.56 Å². The van der Waals surface area contributed by atoms with Crippen LogP contribution in [0.4, 0.5) is 4.79 Å². The van der Waals surface area contributed by atoms with E-state index in [9.17, 15) is 9.90 Å². The molecule has 1 amide bonds. The average Bonchev–Trinajstić information content (AvgIpc) is 2.40. The molecule has 0 saturated carbocycles. The minimum atomic E-state index is -0.888. The summed E-state index contributed by atoms with van der Waals surface area (Å²) in [6, 6.07) is 5.17. The van der Waals surface area contributed by atoms with E-state index in [0.29, 0.717) is 23.1 Å². The maximum absolute atomic E-state index is 11.6. The zero-order valence-corrected chi connectivity index (χ0v) is 13.9. The molecule has 2 unspecified atom stereocenters. The lowest BCUT2D eigenvalue weighted by Crippen LogP contribution is -2.59. The predicted octanol–water partition coefficient (Wildman–Crippen LogP) is 4.03. The van der Waals surface area contributed by atoms with Gasteiger partial charge >= 0.3 is 6.09 Å². The monoisotopic (exact) mass is 330 g/mol. The third-order valence-corrected chi connectivity index (χ3v) is 4.54. The number of hydrogen-bond donors (Lipinski definition) is 2. The number of carbonyl (C=O) groups is 1. The van der Waals surface area contributed by atoms with Crippen molar-refractivity contribution in [3.8, 4) is 0 Å². The third-order valence-electron chi connectivity index (χ3n) is 3.80. The summed E-state index contributed by atoms with van der Waals surface area (Å²) in [7, 11) is 0. The number of halogens is 2. The first kappa shape index (κ1) is 16.4. The summed E-state index contributed by atoms with van der Waals surface area (Å²) in [4.78, 5) is 13.1. The highest BCUT2D eigenvalue weighted by Gasteiger charge is 2.42. The van der Waals surface area contributed by atoms with Gasteiger partial charge in [0, 0.05) is 13.1 Å². The lowest BCUT2D eigenvalue weighted by molar-refractivity contribution is 0.0409. The molecule has 1 aromatic carbocycles. The van der Waals surface area contributed by atoms with Gasteiger partial charge < -0.3 is 15.3 Å². The van der Waals surface area contributed by atoms with Gasteiger partial charge in [0.05, 0.1) is 22.1 Å². The van der Waals surface area contributed by atoms with Crippen LogP contribution in [0.15, 0.2) is 18.2 Å². The van der Waals surface area contributed by atoms with Gasteiger partial charge in [0.25, 0.3) is 0 Å². The molecule has 0 bridgehead atoms. The molecule has 2 N–H and O–H groups in total. The van der Waals surface area contributed by atoms with Gasteiger partial charge in [-0.3, -0.25) is 0 Å². The highest BCUT2D eigenvalue weighted by Crippen LogP contribution is 2.37. The Morgan fingerprint density at radius 3 is 2.52 bits per heavy atom. The van der Waals surface area contributed by atoms with Crippen molar-refractivity contribution >= 4 is 29.3 Å². The summed E-state index contributed by atoms with van der Waals surface area (Å²) < 4.78 is 0. The Labute approximate surface area is 135 Å². The molecule has 1 heterocycles. The number of benzene rings is 1. The molecule has 1 aliphatic rings. The number of rotatable bonds is 1. The van der Waals surface area contributed by atoms with E-state index < -0.39 is 6.09 Å². The second-order valence-electron chi connectivity index (χ2n) is 6.39. The summed E-state index contributed by atoms with van der Waals surface area (Å²) in [5, 5.41) is 13.9. The maximum atomic E-state index is 11.6. The number of nitrogens with zero attached hydrogens (tertiary/aromatic N) is 1. The van der Waals surface area contributed by atoms with E-state index in [1.807, 2.05) is 32.9 Å². The smallest absolute Gasteiger partial charge is 0.407 e. The molecular formula is C15H20Cl2N2O2. The summed E-state index contributed by atoms with van der Waals surface area (Å²) in [6.45, 7) is 7.24. The molecule has 0 radical (unpaired) electrons. The van der Waals surface area contributed by atoms with E-state index in [-0.39, 0.29) is 17.5 Å². The van der Waals surface area contributed by atoms with Gasteiger partial charge in [-0.15, -0.1) is 0 Å². The fourth-order valence-corrected chi connectivity index (χ4v) is 3.27. The van der Waals surface area contributed by atoms with E-state index in [2.05, 4.69) is 5.32 Å². The first-order valence-electron chi connectivity index (χ1n) is 6.89. The van der Waals surface area contributed by atoms with Crippen LogP contribution in [0.2, 0.25) is 10.0 Å². The summed E-state index contributed by atoms with van der Waals surface area (Å²) >= 11 is 12.1. The molecule has 1 aliphatic heterocycles. The molecular weight excluding hydrogens is 311 g/mol. The molecule has 21 heavy (non-hydrogen) atoms. The second-order valence-corrected chi connectivity index (χ2v) is 7.21. The van der Waals surface area contributed by atoms with Crippen molar-refractivity contribution in [3.63, 3.8) is 0 Å². The number of hydrogen-bond acceptors (Lipinski definition) is 2. The van der Waals surface area contributed by atoms with Crippen molar-refractivity contribution in [2.75, 3.05) is 13.1 Å². The summed E-state index contributed by atoms with van der Waals surface area (Å²) in [5.41, 5.74) is 0.748. The molecule has 0 aliphatic carbocycles. The largest absolute Gasteiger partial charge is 0.465 e. The number of piperazine rings is 1. The number of amides is 1. The molecule has 116 valence electrons. The third kappa shape index (κ3) is 3.44. The quantitative estimate of drug-likeness (QED) is 0.817. The average molecular weight is 331 g/mol. The highest BCUT2D eigenvalue weighted by molar-refractivity contribution is 6.42. The lowest BCUT2D eigenvalue weighted by Gasteiger charge is -2.47. The van der Waals surface area contributed by atoms with Crippen molar-refractivity contribution in [2.24, 2.45) is 5.41 Å². The molecule has 1 fully saturated rings. The normalized spacial score (nSPS) is 23.2. The fourth-order valence-electron chi connectivity index (χ4n) is 2.96. The van der Waals surface area contributed by atoms with Gasteiger partial charge in [0.2, 0.25) is 0 Å². The van der Waals surface area contributed by atoms with Crippen LogP contribution in [-0.4, -0.2) is 35.2 Å². The van der Waals surface area contributed by atoms with Crippen LogP contribution in [0.1, 0.15) is 32.4 Å². The van der Waals surface area contributed by atoms with Gasteiger partial charge in [-0.2, -0.15) is 0 Å². The van der Waals surface area contributed by atoms with Crippen LogP contribution >= 0.6 is 23.2 Å². The minimum absolute atomic E-state index is 0.107. The van der Waals surface area contributed by atoms with Crippen LogP contribution < -0.4 is 5.32 Å². The summed E-state index contributed by atoms with van der Waals surface area (Å²) in [5.74, 6) is 0. The topological polar surface area (TPSA) is 52.6 Å². The van der Waals surface area contributed by atoms with E-state index in [1.54, 1.807) is 6.07 Å². The van der Waals surface area contributed by atoms with Crippen molar-refractivity contribution in [1.29, 1.82) is 0 Å². The molecule has 6 heteroatoms. The van der Waals surface area contributed by atoms with Gasteiger partial charge in [0.15, 0.2) is 0 Å². The molecule has 0 spiro atoms. The first-order chi connectivity index (χ1) is 9.71. The van der Waals surface area contributed by atoms with Gasteiger partial charge in [-0.25, -0.2) is 4.79 Å². The number of carboxylic acid groups (broad SMARTS) is 1. The van der Waals surface area contributed by atoms with Gasteiger partial charge in [0.1, 0.15) is 0 Å². The fraction of sp³-hybridized carbons (Fsp3) is 0.533. The van der Waals surface area contributed by atoms with Crippen molar-refractivity contribution < 1.29 is 9.90 Å². The molecule has 0 aromatic heterocycles.